The van der Waals surface area contributed by atoms with E-state index < -0.39 is 5.92 Å². The SMILES string of the molecule is COc1ccc([C@@H]2CC(=O)C3=C(C2)NC(=O)C[C@H]3C(=O)Nc2cccc(Cl)c2)cc1. The summed E-state index contributed by atoms with van der Waals surface area (Å²) in [5.41, 5.74) is 2.49. The van der Waals surface area contributed by atoms with Crippen LogP contribution in [0.15, 0.2) is 59.8 Å². The average Bonchev–Trinajstić information content (AvgIpc) is 2.72. The van der Waals surface area contributed by atoms with Gasteiger partial charge in [-0.05, 0) is 48.2 Å². The third kappa shape index (κ3) is 4.09. The summed E-state index contributed by atoms with van der Waals surface area (Å²) in [5.74, 6) is -0.874. The molecule has 1 aliphatic carbocycles. The van der Waals surface area contributed by atoms with Gasteiger partial charge in [0.05, 0.1) is 13.0 Å². The first-order valence-corrected chi connectivity index (χ1v) is 10.1. The Morgan fingerprint density at radius 3 is 2.57 bits per heavy atom. The maximum atomic E-state index is 13.0. The Balaban J connectivity index is 1.59. The number of allylic oxidation sites excluding steroid dienone is 1. The van der Waals surface area contributed by atoms with E-state index >= 15 is 0 Å². The fourth-order valence-corrected chi connectivity index (χ4v) is 4.28. The lowest BCUT2D eigenvalue weighted by Gasteiger charge is -2.33. The summed E-state index contributed by atoms with van der Waals surface area (Å²) in [5, 5.41) is 6.09. The van der Waals surface area contributed by atoms with Gasteiger partial charge in [0.1, 0.15) is 5.75 Å². The van der Waals surface area contributed by atoms with Gasteiger partial charge in [0, 0.05) is 34.8 Å². The molecule has 2 aliphatic rings. The van der Waals surface area contributed by atoms with Crippen molar-refractivity contribution in [2.24, 2.45) is 5.92 Å². The van der Waals surface area contributed by atoms with Crippen LogP contribution in [0.5, 0.6) is 5.75 Å². The molecule has 2 aromatic carbocycles. The summed E-state index contributed by atoms with van der Waals surface area (Å²) < 4.78 is 5.19. The molecule has 4 rings (SSSR count). The third-order valence-electron chi connectivity index (χ3n) is 5.53. The number of carbonyl (C=O) groups is 3. The number of anilines is 1. The molecule has 2 aromatic rings. The first-order valence-electron chi connectivity index (χ1n) is 9.71. The van der Waals surface area contributed by atoms with Crippen LogP contribution in [-0.2, 0) is 14.4 Å². The van der Waals surface area contributed by atoms with Crippen LogP contribution in [-0.4, -0.2) is 24.7 Å². The van der Waals surface area contributed by atoms with Crippen LogP contribution >= 0.6 is 11.6 Å². The van der Waals surface area contributed by atoms with E-state index in [4.69, 9.17) is 16.3 Å². The summed E-state index contributed by atoms with van der Waals surface area (Å²) in [6.07, 6.45) is 0.742. The molecule has 0 spiro atoms. The van der Waals surface area contributed by atoms with Crippen molar-refractivity contribution in [1.82, 2.24) is 5.32 Å². The average molecular weight is 425 g/mol. The minimum Gasteiger partial charge on any atom is -0.497 e. The molecular formula is C23H21ClN2O4. The van der Waals surface area contributed by atoms with Crippen molar-refractivity contribution in [1.29, 1.82) is 0 Å². The largest absolute Gasteiger partial charge is 0.497 e. The van der Waals surface area contributed by atoms with E-state index in [-0.39, 0.29) is 29.9 Å². The molecule has 0 aromatic heterocycles. The maximum absolute atomic E-state index is 13.0. The van der Waals surface area contributed by atoms with Crippen LogP contribution in [0.25, 0.3) is 0 Å². The second-order valence-electron chi connectivity index (χ2n) is 7.50. The topological polar surface area (TPSA) is 84.5 Å². The fourth-order valence-electron chi connectivity index (χ4n) is 4.09. The molecule has 2 atom stereocenters. The van der Waals surface area contributed by atoms with Crippen LogP contribution in [0, 0.1) is 5.92 Å². The van der Waals surface area contributed by atoms with Gasteiger partial charge in [-0.15, -0.1) is 0 Å². The molecule has 0 fully saturated rings. The summed E-state index contributed by atoms with van der Waals surface area (Å²) in [6, 6.07) is 14.3. The second-order valence-corrected chi connectivity index (χ2v) is 7.93. The van der Waals surface area contributed by atoms with E-state index in [0.29, 0.717) is 34.8 Å². The van der Waals surface area contributed by atoms with Crippen LogP contribution in [0.2, 0.25) is 5.02 Å². The molecule has 7 heteroatoms. The predicted octanol–water partition coefficient (Wildman–Crippen LogP) is 3.82. The molecule has 1 heterocycles. The van der Waals surface area contributed by atoms with Gasteiger partial charge in [0.2, 0.25) is 11.8 Å². The normalized spacial score (nSPS) is 21.0. The zero-order chi connectivity index (χ0) is 21.3. The van der Waals surface area contributed by atoms with Crippen LogP contribution in [0.3, 0.4) is 0 Å². The predicted molar refractivity (Wildman–Crippen MR) is 113 cm³/mol. The van der Waals surface area contributed by atoms with E-state index in [1.54, 1.807) is 31.4 Å². The van der Waals surface area contributed by atoms with Crippen molar-refractivity contribution in [2.75, 3.05) is 12.4 Å². The highest BCUT2D eigenvalue weighted by atomic mass is 35.5. The lowest BCUT2D eigenvalue weighted by atomic mass is 9.75. The minimum atomic E-state index is -0.808. The number of hydrogen-bond acceptors (Lipinski definition) is 4. The van der Waals surface area contributed by atoms with Gasteiger partial charge >= 0.3 is 0 Å². The Bertz CT molecular complexity index is 1050. The minimum absolute atomic E-state index is 0.0514. The Morgan fingerprint density at radius 2 is 1.87 bits per heavy atom. The van der Waals surface area contributed by atoms with Gasteiger partial charge in [0.15, 0.2) is 5.78 Å². The molecule has 2 N–H and O–H groups in total. The number of hydrogen-bond donors (Lipinski definition) is 2. The summed E-state index contributed by atoms with van der Waals surface area (Å²) in [7, 11) is 1.60. The molecule has 0 radical (unpaired) electrons. The lowest BCUT2D eigenvalue weighted by Crippen LogP contribution is -2.43. The van der Waals surface area contributed by atoms with E-state index in [2.05, 4.69) is 10.6 Å². The van der Waals surface area contributed by atoms with Gasteiger partial charge in [-0.2, -0.15) is 0 Å². The first kappa shape index (κ1) is 20.2. The number of carbonyl (C=O) groups excluding carboxylic acids is 3. The highest BCUT2D eigenvalue weighted by Gasteiger charge is 2.40. The number of amides is 2. The number of nitrogens with one attached hydrogen (secondary N) is 2. The fraction of sp³-hybridized carbons (Fsp3) is 0.261. The standard InChI is InChI=1S/C23H21ClN2O4/c1-30-17-7-5-13(6-8-17)14-9-19-22(20(27)10-14)18(12-21(28)26-19)23(29)25-16-4-2-3-15(24)11-16/h2-8,11,14,18H,9-10,12H2,1H3,(H,25,29)(H,26,28)/t14-,18+/m0/s1. The monoisotopic (exact) mass is 424 g/mol. The van der Waals surface area contributed by atoms with E-state index in [9.17, 15) is 14.4 Å². The Kier molecular flexibility index (Phi) is 5.59. The molecule has 0 bridgehead atoms. The quantitative estimate of drug-likeness (QED) is 0.781. The molecule has 30 heavy (non-hydrogen) atoms. The van der Waals surface area contributed by atoms with E-state index in [1.165, 1.54) is 0 Å². The zero-order valence-corrected chi connectivity index (χ0v) is 17.2. The van der Waals surface area contributed by atoms with Gasteiger partial charge in [0.25, 0.3) is 0 Å². The Labute approximate surface area is 179 Å². The third-order valence-corrected chi connectivity index (χ3v) is 5.77. The van der Waals surface area contributed by atoms with Crippen molar-refractivity contribution in [2.45, 2.75) is 25.2 Å². The van der Waals surface area contributed by atoms with Crippen LogP contribution < -0.4 is 15.4 Å². The molecular weight excluding hydrogens is 404 g/mol. The Hall–Kier alpha value is -3.12. The van der Waals surface area contributed by atoms with Crippen molar-refractivity contribution in [3.8, 4) is 5.75 Å². The number of rotatable bonds is 4. The first-order chi connectivity index (χ1) is 14.4. The lowest BCUT2D eigenvalue weighted by molar-refractivity contribution is -0.129. The van der Waals surface area contributed by atoms with Crippen LogP contribution in [0.4, 0.5) is 5.69 Å². The number of halogens is 1. The number of ether oxygens (including phenoxy) is 1. The van der Waals surface area contributed by atoms with Gasteiger partial charge in [-0.25, -0.2) is 0 Å². The van der Waals surface area contributed by atoms with Crippen molar-refractivity contribution in [3.05, 3.63) is 70.4 Å². The molecule has 0 saturated heterocycles. The van der Waals surface area contributed by atoms with Crippen molar-refractivity contribution >= 4 is 34.9 Å². The van der Waals surface area contributed by atoms with Gasteiger partial charge in [-0.1, -0.05) is 29.8 Å². The van der Waals surface area contributed by atoms with Gasteiger partial charge < -0.3 is 15.4 Å². The summed E-state index contributed by atoms with van der Waals surface area (Å²) >= 11 is 5.98. The molecule has 6 nitrogen and oxygen atoms in total. The zero-order valence-electron chi connectivity index (χ0n) is 16.4. The van der Waals surface area contributed by atoms with Crippen LogP contribution in [0.1, 0.15) is 30.7 Å². The summed E-state index contributed by atoms with van der Waals surface area (Å²) in [4.78, 5) is 38.2. The van der Waals surface area contributed by atoms with E-state index in [1.807, 2.05) is 24.3 Å². The smallest absolute Gasteiger partial charge is 0.232 e. The molecule has 0 saturated carbocycles. The molecule has 1 aliphatic heterocycles. The number of ketones is 1. The van der Waals surface area contributed by atoms with Gasteiger partial charge in [-0.3, -0.25) is 14.4 Å². The van der Waals surface area contributed by atoms with Crippen molar-refractivity contribution < 1.29 is 19.1 Å². The highest BCUT2D eigenvalue weighted by Crippen LogP contribution is 2.39. The number of benzene rings is 2. The summed E-state index contributed by atoms with van der Waals surface area (Å²) in [6.45, 7) is 0. The van der Waals surface area contributed by atoms with E-state index in [0.717, 1.165) is 11.3 Å². The highest BCUT2D eigenvalue weighted by molar-refractivity contribution is 6.30. The molecule has 154 valence electrons. The number of Topliss-reactive ketones (excluding diaryl/α,β-unsaturated/α-hetero) is 1. The number of methoxy groups -OCH3 is 1. The molecule has 0 unspecified atom stereocenters. The second kappa shape index (κ2) is 8.32. The molecule has 2 amide bonds. The maximum Gasteiger partial charge on any atom is 0.232 e. The Morgan fingerprint density at radius 1 is 1.10 bits per heavy atom. The van der Waals surface area contributed by atoms with Crippen molar-refractivity contribution in [3.63, 3.8) is 0 Å².